The van der Waals surface area contributed by atoms with Crippen LogP contribution in [0.3, 0.4) is 0 Å². The second-order valence-electron chi connectivity index (χ2n) is 6.40. The van der Waals surface area contributed by atoms with Gasteiger partial charge in [0.1, 0.15) is 0 Å². The molecule has 4 nitrogen and oxygen atoms in total. The molecule has 0 radical (unpaired) electrons. The third-order valence-electron chi connectivity index (χ3n) is 4.76. The smallest absolute Gasteiger partial charge is 0.193 e. The summed E-state index contributed by atoms with van der Waals surface area (Å²) in [7, 11) is 0. The fourth-order valence-corrected chi connectivity index (χ4v) is 3.39. The number of nitrogens with zero attached hydrogens (tertiary/aromatic N) is 1. The van der Waals surface area contributed by atoms with Crippen molar-refractivity contribution in [3.63, 3.8) is 0 Å². The van der Waals surface area contributed by atoms with E-state index in [0.29, 0.717) is 12.5 Å². The zero-order valence-electron chi connectivity index (χ0n) is 14.6. The second kappa shape index (κ2) is 9.20. The Bertz CT molecular complexity index is 697. The first kappa shape index (κ1) is 19.7. The van der Waals surface area contributed by atoms with Gasteiger partial charge in [-0.2, -0.15) is 0 Å². The van der Waals surface area contributed by atoms with Crippen LogP contribution in [0, 0.1) is 6.92 Å². The van der Waals surface area contributed by atoms with Gasteiger partial charge < -0.3 is 15.8 Å². The zero-order valence-corrected chi connectivity index (χ0v) is 16.9. The lowest BCUT2D eigenvalue weighted by atomic mass is 9.72. The first-order chi connectivity index (χ1) is 11.7. The summed E-state index contributed by atoms with van der Waals surface area (Å²) in [5.41, 5.74) is 9.74. The standard InChI is InChI=1S/C20H25N3O.HI/c1-16-7-5-6-10-18(16)20(11-13-24-14-12-20)15-22-19(21)23-17-8-3-2-4-9-17;/h2-10H,11-15H2,1H3,(H3,21,22,23);1H. The van der Waals surface area contributed by atoms with E-state index in [0.717, 1.165) is 31.7 Å². The minimum absolute atomic E-state index is 0. The number of halogens is 1. The first-order valence-corrected chi connectivity index (χ1v) is 8.45. The minimum Gasteiger partial charge on any atom is -0.381 e. The molecule has 3 N–H and O–H groups in total. The quantitative estimate of drug-likeness (QED) is 0.418. The third-order valence-corrected chi connectivity index (χ3v) is 4.76. The summed E-state index contributed by atoms with van der Waals surface area (Å²) in [5, 5.41) is 3.16. The highest BCUT2D eigenvalue weighted by atomic mass is 127. The van der Waals surface area contributed by atoms with E-state index < -0.39 is 0 Å². The van der Waals surface area contributed by atoms with Crippen molar-refractivity contribution in [2.45, 2.75) is 25.2 Å². The zero-order chi connectivity index (χ0) is 16.8. The molecule has 1 aliphatic heterocycles. The molecule has 1 heterocycles. The summed E-state index contributed by atoms with van der Waals surface area (Å²) >= 11 is 0. The van der Waals surface area contributed by atoms with E-state index in [1.807, 2.05) is 30.3 Å². The van der Waals surface area contributed by atoms with Crippen LogP contribution in [-0.2, 0) is 10.2 Å². The summed E-state index contributed by atoms with van der Waals surface area (Å²) in [6.07, 6.45) is 1.94. The number of nitrogens with two attached hydrogens (primary N) is 1. The first-order valence-electron chi connectivity index (χ1n) is 8.45. The lowest BCUT2D eigenvalue weighted by molar-refractivity contribution is 0.0529. The van der Waals surface area contributed by atoms with Crippen molar-refractivity contribution in [3.05, 3.63) is 65.7 Å². The number of anilines is 1. The fourth-order valence-electron chi connectivity index (χ4n) is 3.39. The van der Waals surface area contributed by atoms with Crippen molar-refractivity contribution in [1.29, 1.82) is 0 Å². The maximum absolute atomic E-state index is 6.11. The molecule has 134 valence electrons. The number of hydrogen-bond donors (Lipinski definition) is 2. The monoisotopic (exact) mass is 451 g/mol. The molecule has 0 saturated carbocycles. The number of aryl methyl sites for hydroxylation is 1. The van der Waals surface area contributed by atoms with E-state index in [1.54, 1.807) is 0 Å². The topological polar surface area (TPSA) is 59.6 Å². The molecule has 0 amide bonds. The molecular formula is C20H26IN3O. The Kier molecular flexibility index (Phi) is 7.25. The van der Waals surface area contributed by atoms with E-state index in [1.165, 1.54) is 11.1 Å². The van der Waals surface area contributed by atoms with Gasteiger partial charge in [-0.15, -0.1) is 24.0 Å². The lowest BCUT2D eigenvalue weighted by Crippen LogP contribution is -2.38. The number of aliphatic imine (C=N–C) groups is 1. The number of nitrogens with one attached hydrogen (secondary N) is 1. The molecule has 0 unspecified atom stereocenters. The molecule has 2 aromatic carbocycles. The molecule has 1 aliphatic rings. The Morgan fingerprint density at radius 3 is 2.40 bits per heavy atom. The molecule has 3 rings (SSSR count). The van der Waals surface area contributed by atoms with Gasteiger partial charge in [-0.1, -0.05) is 42.5 Å². The van der Waals surface area contributed by atoms with Crippen molar-refractivity contribution in [1.82, 2.24) is 0 Å². The summed E-state index contributed by atoms with van der Waals surface area (Å²) in [6, 6.07) is 18.5. The van der Waals surface area contributed by atoms with Crippen molar-refractivity contribution < 1.29 is 4.74 Å². The average molecular weight is 451 g/mol. The summed E-state index contributed by atoms with van der Waals surface area (Å²) in [5.74, 6) is 0.459. The van der Waals surface area contributed by atoms with Crippen LogP contribution in [0.4, 0.5) is 5.69 Å². The van der Waals surface area contributed by atoms with Crippen molar-refractivity contribution in [2.24, 2.45) is 10.7 Å². The fraction of sp³-hybridized carbons (Fsp3) is 0.350. The van der Waals surface area contributed by atoms with Gasteiger partial charge in [-0.3, -0.25) is 4.99 Å². The number of benzene rings is 2. The third kappa shape index (κ3) is 4.95. The van der Waals surface area contributed by atoms with Gasteiger partial charge in [0.05, 0.1) is 6.54 Å². The Morgan fingerprint density at radius 2 is 1.72 bits per heavy atom. The van der Waals surface area contributed by atoms with Gasteiger partial charge in [0.25, 0.3) is 0 Å². The molecule has 1 fully saturated rings. The summed E-state index contributed by atoms with van der Waals surface area (Å²) in [6.45, 7) is 4.39. The van der Waals surface area contributed by atoms with Gasteiger partial charge in [0, 0.05) is 24.3 Å². The van der Waals surface area contributed by atoms with Gasteiger partial charge in [-0.05, 0) is 43.0 Å². The van der Waals surface area contributed by atoms with E-state index in [4.69, 9.17) is 10.5 Å². The molecule has 1 saturated heterocycles. The maximum atomic E-state index is 6.11. The SMILES string of the molecule is Cc1ccccc1C1(CN=C(N)Nc2ccccc2)CCOCC1.I. The van der Waals surface area contributed by atoms with Crippen LogP contribution in [0.1, 0.15) is 24.0 Å². The minimum atomic E-state index is 0. The van der Waals surface area contributed by atoms with Crippen LogP contribution < -0.4 is 11.1 Å². The Labute approximate surface area is 166 Å². The molecule has 0 bridgehead atoms. The highest BCUT2D eigenvalue weighted by molar-refractivity contribution is 14.0. The van der Waals surface area contributed by atoms with Crippen LogP contribution >= 0.6 is 24.0 Å². The van der Waals surface area contributed by atoms with Crippen LogP contribution in [-0.4, -0.2) is 25.7 Å². The Morgan fingerprint density at radius 1 is 1.08 bits per heavy atom. The van der Waals surface area contributed by atoms with E-state index in [9.17, 15) is 0 Å². The van der Waals surface area contributed by atoms with Crippen LogP contribution in [0.25, 0.3) is 0 Å². The van der Waals surface area contributed by atoms with Gasteiger partial charge in [0.15, 0.2) is 5.96 Å². The number of rotatable bonds is 4. The number of hydrogen-bond acceptors (Lipinski definition) is 2. The van der Waals surface area contributed by atoms with Crippen LogP contribution in [0.5, 0.6) is 0 Å². The predicted octanol–water partition coefficient (Wildman–Crippen LogP) is 4.09. The van der Waals surface area contributed by atoms with E-state index >= 15 is 0 Å². The molecule has 2 aromatic rings. The largest absolute Gasteiger partial charge is 0.381 e. The normalized spacial score (nSPS) is 16.8. The van der Waals surface area contributed by atoms with Crippen LogP contribution in [0.15, 0.2) is 59.6 Å². The second-order valence-corrected chi connectivity index (χ2v) is 6.40. The van der Waals surface area contributed by atoms with Gasteiger partial charge in [0.2, 0.25) is 0 Å². The molecule has 0 spiro atoms. The molecule has 25 heavy (non-hydrogen) atoms. The van der Waals surface area contributed by atoms with E-state index in [2.05, 4.69) is 41.5 Å². The summed E-state index contributed by atoms with van der Waals surface area (Å²) < 4.78 is 5.59. The van der Waals surface area contributed by atoms with Crippen molar-refractivity contribution in [2.75, 3.05) is 25.1 Å². The maximum Gasteiger partial charge on any atom is 0.193 e. The Balaban J connectivity index is 0.00000225. The molecular weight excluding hydrogens is 425 g/mol. The van der Waals surface area contributed by atoms with E-state index in [-0.39, 0.29) is 29.4 Å². The number of ether oxygens (including phenoxy) is 1. The number of para-hydroxylation sites is 1. The molecule has 0 aromatic heterocycles. The molecule has 0 aliphatic carbocycles. The highest BCUT2D eigenvalue weighted by Gasteiger charge is 2.35. The van der Waals surface area contributed by atoms with Gasteiger partial charge >= 0.3 is 0 Å². The molecule has 0 atom stereocenters. The van der Waals surface area contributed by atoms with Gasteiger partial charge in [-0.25, -0.2) is 0 Å². The molecule has 5 heteroatoms. The van der Waals surface area contributed by atoms with Crippen molar-refractivity contribution >= 4 is 35.6 Å². The predicted molar refractivity (Wildman–Crippen MR) is 115 cm³/mol. The van der Waals surface area contributed by atoms with Crippen LogP contribution in [0.2, 0.25) is 0 Å². The van der Waals surface area contributed by atoms with Crippen molar-refractivity contribution in [3.8, 4) is 0 Å². The average Bonchev–Trinajstić information content (AvgIpc) is 2.62. The lowest BCUT2D eigenvalue weighted by Gasteiger charge is -2.37. The highest BCUT2D eigenvalue weighted by Crippen LogP contribution is 2.37. The summed E-state index contributed by atoms with van der Waals surface area (Å²) in [4.78, 5) is 4.66. The Hall–Kier alpha value is -1.60. The number of guanidine groups is 1.